The molecule has 1 rings (SSSR count). The number of hydrogen-bond acceptors (Lipinski definition) is 3. The van der Waals surface area contributed by atoms with Crippen molar-refractivity contribution in [3.63, 3.8) is 0 Å². The number of likely N-dealkylation sites (N-methyl/N-ethyl adjacent to an activating group) is 2. The van der Waals surface area contributed by atoms with Crippen molar-refractivity contribution in [2.75, 3.05) is 33.7 Å². The predicted octanol–water partition coefficient (Wildman–Crippen LogP) is 0.311. The van der Waals surface area contributed by atoms with Crippen molar-refractivity contribution in [2.45, 2.75) is 32.7 Å². The van der Waals surface area contributed by atoms with Crippen molar-refractivity contribution < 1.29 is 9.59 Å². The molecule has 0 spiro atoms. The van der Waals surface area contributed by atoms with E-state index >= 15 is 0 Å². The Morgan fingerprint density at radius 1 is 1.44 bits per heavy atom. The monoisotopic (exact) mass is 255 g/mol. The first kappa shape index (κ1) is 15.0. The van der Waals surface area contributed by atoms with Gasteiger partial charge in [0.15, 0.2) is 0 Å². The van der Waals surface area contributed by atoms with Gasteiger partial charge < -0.3 is 15.1 Å². The molecule has 1 unspecified atom stereocenters. The van der Waals surface area contributed by atoms with Crippen LogP contribution in [0.15, 0.2) is 0 Å². The van der Waals surface area contributed by atoms with E-state index in [1.54, 1.807) is 16.8 Å². The number of carbonyl (C=O) groups is 2. The van der Waals surface area contributed by atoms with Gasteiger partial charge in [-0.15, -0.1) is 0 Å². The van der Waals surface area contributed by atoms with Crippen LogP contribution in [-0.4, -0.2) is 61.4 Å². The van der Waals surface area contributed by atoms with E-state index in [1.807, 2.05) is 20.9 Å². The van der Waals surface area contributed by atoms with E-state index in [2.05, 4.69) is 5.32 Å². The third-order valence-electron chi connectivity index (χ3n) is 3.39. The van der Waals surface area contributed by atoms with Gasteiger partial charge in [0.2, 0.25) is 11.8 Å². The van der Waals surface area contributed by atoms with Gasteiger partial charge in [0, 0.05) is 32.6 Å². The van der Waals surface area contributed by atoms with E-state index in [1.165, 1.54) is 0 Å². The van der Waals surface area contributed by atoms with E-state index in [9.17, 15) is 9.59 Å². The van der Waals surface area contributed by atoms with Crippen LogP contribution in [0.3, 0.4) is 0 Å². The molecule has 0 aliphatic carbocycles. The molecule has 0 bridgehead atoms. The zero-order chi connectivity index (χ0) is 13.7. The fraction of sp³-hybridized carbons (Fsp3) is 0.846. The number of likely N-dealkylation sites (tertiary alicyclic amines) is 1. The number of nitrogens with one attached hydrogen (secondary N) is 1. The lowest BCUT2D eigenvalue weighted by molar-refractivity contribution is -0.144. The van der Waals surface area contributed by atoms with Gasteiger partial charge in [-0.3, -0.25) is 9.59 Å². The lowest BCUT2D eigenvalue weighted by atomic mass is 10.1. The molecule has 0 radical (unpaired) electrons. The second-order valence-electron chi connectivity index (χ2n) is 5.21. The molecule has 1 heterocycles. The summed E-state index contributed by atoms with van der Waals surface area (Å²) in [4.78, 5) is 27.8. The van der Waals surface area contributed by atoms with Crippen LogP contribution < -0.4 is 5.32 Å². The molecule has 1 fully saturated rings. The Labute approximate surface area is 110 Å². The zero-order valence-corrected chi connectivity index (χ0v) is 11.9. The van der Waals surface area contributed by atoms with Gasteiger partial charge in [0.1, 0.15) is 6.04 Å². The fourth-order valence-corrected chi connectivity index (χ4v) is 2.26. The van der Waals surface area contributed by atoms with Crippen molar-refractivity contribution in [1.82, 2.24) is 15.1 Å². The Morgan fingerprint density at radius 3 is 2.67 bits per heavy atom. The third kappa shape index (κ3) is 3.45. The average Bonchev–Trinajstić information content (AvgIpc) is 2.82. The second-order valence-corrected chi connectivity index (χ2v) is 5.21. The van der Waals surface area contributed by atoms with Crippen molar-refractivity contribution >= 4 is 11.8 Å². The summed E-state index contributed by atoms with van der Waals surface area (Å²) in [6, 6.07) is -0.248. The molecule has 104 valence electrons. The highest BCUT2D eigenvalue weighted by Crippen LogP contribution is 2.21. The molecular weight excluding hydrogens is 230 g/mol. The van der Waals surface area contributed by atoms with Crippen molar-refractivity contribution in [3.05, 3.63) is 0 Å². The molecule has 1 atom stereocenters. The van der Waals surface area contributed by atoms with Gasteiger partial charge >= 0.3 is 0 Å². The van der Waals surface area contributed by atoms with Crippen LogP contribution in [-0.2, 0) is 9.59 Å². The van der Waals surface area contributed by atoms with Crippen molar-refractivity contribution in [1.29, 1.82) is 0 Å². The van der Waals surface area contributed by atoms with Crippen LogP contribution in [0.5, 0.6) is 0 Å². The number of rotatable bonds is 5. The van der Waals surface area contributed by atoms with E-state index < -0.39 is 0 Å². The Balaban J connectivity index is 2.63. The van der Waals surface area contributed by atoms with Crippen molar-refractivity contribution in [2.24, 2.45) is 5.92 Å². The first-order valence-corrected chi connectivity index (χ1v) is 6.69. The Hall–Kier alpha value is -1.10. The standard InChI is InChI=1S/C13H25N3O2/c1-10(2)12(17)16-8-5-6-11(16)13(18)15(4)9-7-14-3/h10-11,14H,5-9H2,1-4H3. The summed E-state index contributed by atoms with van der Waals surface area (Å²) in [5, 5.41) is 3.02. The molecule has 1 N–H and O–H groups in total. The van der Waals surface area contributed by atoms with Gasteiger partial charge in [-0.05, 0) is 19.9 Å². The minimum absolute atomic E-state index is 0.0407. The van der Waals surface area contributed by atoms with Crippen LogP contribution in [0.25, 0.3) is 0 Å². The van der Waals surface area contributed by atoms with E-state index in [0.29, 0.717) is 13.1 Å². The molecule has 18 heavy (non-hydrogen) atoms. The molecule has 0 saturated carbocycles. The maximum atomic E-state index is 12.3. The Morgan fingerprint density at radius 2 is 2.11 bits per heavy atom. The largest absolute Gasteiger partial charge is 0.343 e. The van der Waals surface area contributed by atoms with E-state index in [4.69, 9.17) is 0 Å². The van der Waals surface area contributed by atoms with Crippen LogP contribution in [0.2, 0.25) is 0 Å². The van der Waals surface area contributed by atoms with Crippen molar-refractivity contribution in [3.8, 4) is 0 Å². The van der Waals surface area contributed by atoms with Gasteiger partial charge in [-0.1, -0.05) is 13.8 Å². The molecular formula is C13H25N3O2. The summed E-state index contributed by atoms with van der Waals surface area (Å²) in [6.45, 7) is 5.93. The summed E-state index contributed by atoms with van der Waals surface area (Å²) >= 11 is 0. The fourth-order valence-electron chi connectivity index (χ4n) is 2.26. The molecule has 5 heteroatoms. The van der Waals surface area contributed by atoms with E-state index in [0.717, 1.165) is 19.4 Å². The smallest absolute Gasteiger partial charge is 0.245 e. The quantitative estimate of drug-likeness (QED) is 0.769. The summed E-state index contributed by atoms with van der Waals surface area (Å²) in [5.74, 6) is 0.116. The third-order valence-corrected chi connectivity index (χ3v) is 3.39. The number of carbonyl (C=O) groups excluding carboxylic acids is 2. The topological polar surface area (TPSA) is 52.7 Å². The van der Waals surface area contributed by atoms with Crippen LogP contribution in [0.4, 0.5) is 0 Å². The highest BCUT2D eigenvalue weighted by molar-refractivity contribution is 5.88. The molecule has 1 aliphatic heterocycles. The minimum atomic E-state index is -0.248. The summed E-state index contributed by atoms with van der Waals surface area (Å²) in [6.07, 6.45) is 1.72. The Kier molecular flexibility index (Phi) is 5.59. The minimum Gasteiger partial charge on any atom is -0.343 e. The van der Waals surface area contributed by atoms with Gasteiger partial charge in [0.05, 0.1) is 0 Å². The van der Waals surface area contributed by atoms with Crippen LogP contribution >= 0.6 is 0 Å². The van der Waals surface area contributed by atoms with Gasteiger partial charge in [0.25, 0.3) is 0 Å². The number of hydrogen-bond donors (Lipinski definition) is 1. The molecule has 1 aliphatic rings. The normalized spacial score (nSPS) is 19.4. The van der Waals surface area contributed by atoms with E-state index in [-0.39, 0.29) is 23.8 Å². The lowest BCUT2D eigenvalue weighted by Crippen LogP contribution is -2.48. The molecule has 2 amide bonds. The first-order valence-electron chi connectivity index (χ1n) is 6.69. The lowest BCUT2D eigenvalue weighted by Gasteiger charge is -2.29. The molecule has 0 aromatic heterocycles. The zero-order valence-electron chi connectivity index (χ0n) is 11.9. The van der Waals surface area contributed by atoms with Gasteiger partial charge in [-0.2, -0.15) is 0 Å². The summed E-state index contributed by atoms with van der Waals surface area (Å²) in [5.41, 5.74) is 0. The van der Waals surface area contributed by atoms with Crippen LogP contribution in [0, 0.1) is 5.92 Å². The van der Waals surface area contributed by atoms with Crippen LogP contribution in [0.1, 0.15) is 26.7 Å². The number of nitrogens with zero attached hydrogens (tertiary/aromatic N) is 2. The summed E-state index contributed by atoms with van der Waals surface area (Å²) in [7, 11) is 3.67. The molecule has 1 saturated heterocycles. The maximum absolute atomic E-state index is 12.3. The predicted molar refractivity (Wildman–Crippen MR) is 71.1 cm³/mol. The first-order chi connectivity index (χ1) is 8.49. The molecule has 0 aromatic carbocycles. The highest BCUT2D eigenvalue weighted by Gasteiger charge is 2.36. The summed E-state index contributed by atoms with van der Waals surface area (Å²) < 4.78 is 0. The Bertz CT molecular complexity index is 305. The highest BCUT2D eigenvalue weighted by atomic mass is 16.2. The average molecular weight is 255 g/mol. The SMILES string of the molecule is CNCCN(C)C(=O)C1CCCN1C(=O)C(C)C. The molecule has 5 nitrogen and oxygen atoms in total. The molecule has 0 aromatic rings. The maximum Gasteiger partial charge on any atom is 0.245 e. The van der Waals surface area contributed by atoms with Gasteiger partial charge in [-0.25, -0.2) is 0 Å². The number of amides is 2. The second kappa shape index (κ2) is 6.73.